The third-order valence-electron chi connectivity index (χ3n) is 8.70. The van der Waals surface area contributed by atoms with Crippen LogP contribution in [0.3, 0.4) is 0 Å². The molecular formula is C43H28N2O2. The van der Waals surface area contributed by atoms with Gasteiger partial charge in [0.15, 0.2) is 5.58 Å². The summed E-state index contributed by atoms with van der Waals surface area (Å²) in [6, 6.07) is 58.7. The molecule has 0 aliphatic carbocycles. The van der Waals surface area contributed by atoms with E-state index in [9.17, 15) is 0 Å². The largest absolute Gasteiger partial charge is 0.456 e. The van der Waals surface area contributed by atoms with Crippen molar-refractivity contribution in [1.29, 1.82) is 0 Å². The van der Waals surface area contributed by atoms with Crippen LogP contribution < -0.4 is 4.90 Å². The summed E-state index contributed by atoms with van der Waals surface area (Å²) < 4.78 is 12.5. The second kappa shape index (κ2) is 11.2. The molecule has 0 N–H and O–H groups in total. The molecule has 0 bridgehead atoms. The first-order valence-electron chi connectivity index (χ1n) is 15.7. The van der Waals surface area contributed by atoms with Crippen molar-refractivity contribution in [2.45, 2.75) is 0 Å². The highest BCUT2D eigenvalue weighted by atomic mass is 16.3. The van der Waals surface area contributed by atoms with Gasteiger partial charge in [0.25, 0.3) is 0 Å². The Morgan fingerprint density at radius 1 is 0.404 bits per heavy atom. The number of benzene rings is 7. The third kappa shape index (κ3) is 4.84. The van der Waals surface area contributed by atoms with Crippen LogP contribution in [0, 0.1) is 0 Å². The number of fused-ring (bicyclic) bond motifs is 4. The normalized spacial score (nSPS) is 11.4. The average molecular weight is 605 g/mol. The molecule has 0 spiro atoms. The van der Waals surface area contributed by atoms with E-state index in [1.165, 1.54) is 5.56 Å². The molecule has 9 aromatic rings. The van der Waals surface area contributed by atoms with Crippen molar-refractivity contribution >= 4 is 50.1 Å². The summed E-state index contributed by atoms with van der Waals surface area (Å²) >= 11 is 0. The molecule has 0 fully saturated rings. The summed E-state index contributed by atoms with van der Waals surface area (Å²) in [5.74, 6) is 0.622. The van der Waals surface area contributed by atoms with Gasteiger partial charge >= 0.3 is 0 Å². The van der Waals surface area contributed by atoms with Crippen molar-refractivity contribution in [2.24, 2.45) is 0 Å². The van der Waals surface area contributed by atoms with Gasteiger partial charge in [-0.1, -0.05) is 103 Å². The van der Waals surface area contributed by atoms with E-state index in [-0.39, 0.29) is 0 Å². The van der Waals surface area contributed by atoms with E-state index in [1.807, 2.05) is 60.7 Å². The average Bonchev–Trinajstić information content (AvgIpc) is 3.75. The second-order valence-electron chi connectivity index (χ2n) is 11.6. The SMILES string of the molecule is c1ccc(-c2cccc(N(c3ccc(-c4cccc5nc(-c6ccccc6)oc45)cc3)c3ccc4oc5ccccc5c4c3)c2)cc1. The second-order valence-corrected chi connectivity index (χ2v) is 11.6. The number of nitrogens with zero attached hydrogens (tertiary/aromatic N) is 2. The lowest BCUT2D eigenvalue weighted by molar-refractivity contribution is 0.621. The fourth-order valence-corrected chi connectivity index (χ4v) is 6.43. The van der Waals surface area contributed by atoms with Gasteiger partial charge in [-0.15, -0.1) is 0 Å². The smallest absolute Gasteiger partial charge is 0.227 e. The fraction of sp³-hybridized carbons (Fsp3) is 0. The quantitative estimate of drug-likeness (QED) is 0.189. The monoisotopic (exact) mass is 604 g/mol. The van der Waals surface area contributed by atoms with Crippen LogP contribution >= 0.6 is 0 Å². The van der Waals surface area contributed by atoms with Crippen molar-refractivity contribution in [1.82, 2.24) is 4.98 Å². The summed E-state index contributed by atoms with van der Waals surface area (Å²) in [5, 5.41) is 2.19. The minimum absolute atomic E-state index is 0.622. The maximum Gasteiger partial charge on any atom is 0.227 e. The molecule has 2 heterocycles. The van der Waals surface area contributed by atoms with Gasteiger partial charge in [-0.05, 0) is 83.4 Å². The Labute approximate surface area is 271 Å². The molecule has 7 aromatic carbocycles. The predicted molar refractivity (Wildman–Crippen MR) is 192 cm³/mol. The van der Waals surface area contributed by atoms with Gasteiger partial charge in [0.1, 0.15) is 16.7 Å². The zero-order valence-electron chi connectivity index (χ0n) is 25.4. The summed E-state index contributed by atoms with van der Waals surface area (Å²) in [6.45, 7) is 0. The molecule has 0 radical (unpaired) electrons. The number of para-hydroxylation sites is 2. The maximum absolute atomic E-state index is 6.35. The number of aromatic nitrogens is 1. The van der Waals surface area contributed by atoms with E-state index in [0.29, 0.717) is 5.89 Å². The fourth-order valence-electron chi connectivity index (χ4n) is 6.43. The van der Waals surface area contributed by atoms with Gasteiger partial charge in [-0.25, -0.2) is 4.98 Å². The molecule has 47 heavy (non-hydrogen) atoms. The lowest BCUT2D eigenvalue weighted by Crippen LogP contribution is -2.10. The minimum Gasteiger partial charge on any atom is -0.456 e. The molecule has 0 aliphatic heterocycles. The standard InChI is InChI=1S/C43H28N2O2/c1-3-11-29(12-4-1)32-15-9-16-34(27-32)45(35-25-26-41-38(28-35)37-17-7-8-20-40(37)46-41)33-23-21-30(22-24-33)36-18-10-19-39-42(36)47-43(44-39)31-13-5-2-6-14-31/h1-28H. The Balaban J connectivity index is 1.17. The molecule has 0 aliphatic rings. The summed E-state index contributed by atoms with van der Waals surface area (Å²) in [4.78, 5) is 7.09. The topological polar surface area (TPSA) is 42.4 Å². The van der Waals surface area contributed by atoms with Crippen molar-refractivity contribution in [2.75, 3.05) is 4.90 Å². The van der Waals surface area contributed by atoms with Crippen LogP contribution in [0.5, 0.6) is 0 Å². The summed E-state index contributed by atoms with van der Waals surface area (Å²) in [5.41, 5.74) is 11.9. The number of furan rings is 1. The first kappa shape index (κ1) is 27.0. The van der Waals surface area contributed by atoms with Crippen LogP contribution in [-0.4, -0.2) is 4.98 Å². The minimum atomic E-state index is 0.622. The molecule has 4 heteroatoms. The lowest BCUT2D eigenvalue weighted by Gasteiger charge is -2.26. The van der Waals surface area contributed by atoms with Gasteiger partial charge in [-0.3, -0.25) is 0 Å². The number of hydrogen-bond acceptors (Lipinski definition) is 4. The lowest BCUT2D eigenvalue weighted by atomic mass is 10.0. The van der Waals surface area contributed by atoms with Gasteiger partial charge in [0.05, 0.1) is 0 Å². The highest BCUT2D eigenvalue weighted by Crippen LogP contribution is 2.41. The molecule has 4 nitrogen and oxygen atoms in total. The molecule has 2 aromatic heterocycles. The molecule has 0 saturated carbocycles. The van der Waals surface area contributed by atoms with E-state index < -0.39 is 0 Å². The van der Waals surface area contributed by atoms with E-state index in [1.54, 1.807) is 0 Å². The molecule has 0 unspecified atom stereocenters. The van der Waals surface area contributed by atoms with E-state index in [4.69, 9.17) is 13.8 Å². The van der Waals surface area contributed by atoms with E-state index >= 15 is 0 Å². The van der Waals surface area contributed by atoms with Crippen LogP contribution in [-0.2, 0) is 0 Å². The van der Waals surface area contributed by atoms with Crippen LogP contribution in [0.15, 0.2) is 179 Å². The molecule has 9 rings (SSSR count). The first-order valence-corrected chi connectivity index (χ1v) is 15.7. The van der Waals surface area contributed by atoms with E-state index in [2.05, 4.69) is 114 Å². The van der Waals surface area contributed by atoms with Gasteiger partial charge < -0.3 is 13.7 Å². The molecule has 0 amide bonds. The highest BCUT2D eigenvalue weighted by Gasteiger charge is 2.18. The Morgan fingerprint density at radius 3 is 1.89 bits per heavy atom. The summed E-state index contributed by atoms with van der Waals surface area (Å²) in [7, 11) is 0. The van der Waals surface area contributed by atoms with Crippen LogP contribution in [0.25, 0.3) is 66.7 Å². The zero-order valence-corrected chi connectivity index (χ0v) is 25.4. The Morgan fingerprint density at radius 2 is 1.06 bits per heavy atom. The third-order valence-corrected chi connectivity index (χ3v) is 8.70. The Kier molecular flexibility index (Phi) is 6.43. The Bertz CT molecular complexity index is 2510. The maximum atomic E-state index is 6.35. The molecule has 222 valence electrons. The van der Waals surface area contributed by atoms with Crippen molar-refractivity contribution in [3.8, 4) is 33.7 Å². The van der Waals surface area contributed by atoms with Crippen molar-refractivity contribution in [3.63, 3.8) is 0 Å². The number of oxazole rings is 1. The van der Waals surface area contributed by atoms with Crippen LogP contribution in [0.1, 0.15) is 0 Å². The molecular weight excluding hydrogens is 576 g/mol. The predicted octanol–water partition coefficient (Wildman–Crippen LogP) is 12.2. The number of anilines is 3. The van der Waals surface area contributed by atoms with Crippen molar-refractivity contribution in [3.05, 3.63) is 170 Å². The highest BCUT2D eigenvalue weighted by molar-refractivity contribution is 6.06. The summed E-state index contributed by atoms with van der Waals surface area (Å²) in [6.07, 6.45) is 0. The zero-order chi connectivity index (χ0) is 31.2. The van der Waals surface area contributed by atoms with Gasteiger partial charge in [0, 0.05) is 39.0 Å². The molecule has 0 saturated heterocycles. The van der Waals surface area contributed by atoms with Crippen molar-refractivity contribution < 1.29 is 8.83 Å². The number of rotatable bonds is 6. The first-order chi connectivity index (χ1) is 23.3. The van der Waals surface area contributed by atoms with E-state index in [0.717, 1.165) is 72.4 Å². The van der Waals surface area contributed by atoms with Gasteiger partial charge in [-0.2, -0.15) is 0 Å². The van der Waals surface area contributed by atoms with Crippen LogP contribution in [0.4, 0.5) is 17.1 Å². The van der Waals surface area contributed by atoms with Crippen LogP contribution in [0.2, 0.25) is 0 Å². The molecule has 0 atom stereocenters. The number of hydrogen-bond donors (Lipinski definition) is 0. The van der Waals surface area contributed by atoms with Gasteiger partial charge in [0.2, 0.25) is 5.89 Å². The Hall–Kier alpha value is -6.39.